The van der Waals surface area contributed by atoms with Gasteiger partial charge in [-0.2, -0.15) is 5.10 Å². The van der Waals surface area contributed by atoms with Gasteiger partial charge in [0.1, 0.15) is 0 Å². The van der Waals surface area contributed by atoms with E-state index in [1.165, 1.54) is 11.6 Å². The van der Waals surface area contributed by atoms with Crippen LogP contribution in [0.5, 0.6) is 0 Å². The minimum absolute atomic E-state index is 0.0960. The van der Waals surface area contributed by atoms with Crippen molar-refractivity contribution in [3.05, 3.63) is 88.2 Å². The van der Waals surface area contributed by atoms with E-state index in [4.69, 9.17) is 0 Å². The van der Waals surface area contributed by atoms with Gasteiger partial charge in [0.25, 0.3) is 0 Å². The monoisotopic (exact) mass is 355 g/mol. The first-order valence-electron chi connectivity index (χ1n) is 8.71. The zero-order chi connectivity index (χ0) is 18.7. The summed E-state index contributed by atoms with van der Waals surface area (Å²) in [7, 11) is 0. The molecule has 0 fully saturated rings. The van der Waals surface area contributed by atoms with Gasteiger partial charge in [-0.1, -0.05) is 36.4 Å². The smallest absolute Gasteiger partial charge is 0.159 e. The fourth-order valence-corrected chi connectivity index (χ4v) is 3.05. The van der Waals surface area contributed by atoms with Gasteiger partial charge in [-0.25, -0.2) is 8.78 Å². The molecule has 26 heavy (non-hydrogen) atoms. The third kappa shape index (κ3) is 3.99. The first kappa shape index (κ1) is 18.3. The Balaban J connectivity index is 1.70. The van der Waals surface area contributed by atoms with Gasteiger partial charge in [-0.05, 0) is 44.0 Å². The first-order valence-corrected chi connectivity index (χ1v) is 8.71. The number of aryl methyl sites for hydroxylation is 1. The van der Waals surface area contributed by atoms with Crippen LogP contribution in [0.1, 0.15) is 41.0 Å². The molecule has 1 aromatic heterocycles. The van der Waals surface area contributed by atoms with Crippen LogP contribution in [0.3, 0.4) is 0 Å². The maximum atomic E-state index is 13.4. The van der Waals surface area contributed by atoms with Crippen LogP contribution in [-0.4, -0.2) is 9.78 Å². The molecule has 0 aliphatic heterocycles. The van der Waals surface area contributed by atoms with Crippen molar-refractivity contribution in [1.82, 2.24) is 15.1 Å². The van der Waals surface area contributed by atoms with Gasteiger partial charge in [0.15, 0.2) is 11.6 Å². The highest BCUT2D eigenvalue weighted by Crippen LogP contribution is 2.19. The van der Waals surface area contributed by atoms with E-state index >= 15 is 0 Å². The Bertz CT molecular complexity index is 888. The molecule has 0 unspecified atom stereocenters. The van der Waals surface area contributed by atoms with Crippen molar-refractivity contribution in [1.29, 1.82) is 0 Å². The minimum Gasteiger partial charge on any atom is -0.306 e. The summed E-state index contributed by atoms with van der Waals surface area (Å²) in [5.41, 5.74) is 5.14. The highest BCUT2D eigenvalue weighted by Gasteiger charge is 2.14. The predicted molar refractivity (Wildman–Crippen MR) is 98.9 cm³/mol. The van der Waals surface area contributed by atoms with E-state index in [0.29, 0.717) is 6.54 Å². The molecule has 0 spiro atoms. The van der Waals surface area contributed by atoms with E-state index in [1.54, 1.807) is 6.07 Å². The van der Waals surface area contributed by atoms with Crippen LogP contribution in [0.15, 0.2) is 48.5 Å². The number of nitrogens with one attached hydrogen (secondary N) is 1. The highest BCUT2D eigenvalue weighted by atomic mass is 19.2. The summed E-state index contributed by atoms with van der Waals surface area (Å²) in [6.07, 6.45) is 0. The molecule has 1 atom stereocenters. The molecule has 3 aromatic rings. The molecule has 0 aliphatic carbocycles. The Labute approximate surface area is 152 Å². The number of aromatic nitrogens is 2. The van der Waals surface area contributed by atoms with Crippen LogP contribution in [0, 0.1) is 25.5 Å². The van der Waals surface area contributed by atoms with Crippen molar-refractivity contribution in [2.75, 3.05) is 0 Å². The quantitative estimate of drug-likeness (QED) is 0.696. The van der Waals surface area contributed by atoms with Gasteiger partial charge in [-0.3, -0.25) is 4.68 Å². The second-order valence-corrected chi connectivity index (χ2v) is 6.57. The van der Waals surface area contributed by atoms with Crippen molar-refractivity contribution in [3.8, 4) is 0 Å². The summed E-state index contributed by atoms with van der Waals surface area (Å²) in [4.78, 5) is 0. The Morgan fingerprint density at radius 2 is 1.77 bits per heavy atom. The average Bonchev–Trinajstić information content (AvgIpc) is 2.89. The Hall–Kier alpha value is -2.53. The molecular formula is C21H23F2N3. The lowest BCUT2D eigenvalue weighted by atomic mass is 10.1. The lowest BCUT2D eigenvalue weighted by Crippen LogP contribution is -2.19. The van der Waals surface area contributed by atoms with Gasteiger partial charge in [-0.15, -0.1) is 0 Å². The third-order valence-electron chi connectivity index (χ3n) is 4.74. The lowest BCUT2D eigenvalue weighted by Gasteiger charge is -2.15. The van der Waals surface area contributed by atoms with E-state index < -0.39 is 11.6 Å². The number of nitrogens with zero attached hydrogens (tertiary/aromatic N) is 2. The van der Waals surface area contributed by atoms with Crippen LogP contribution >= 0.6 is 0 Å². The summed E-state index contributed by atoms with van der Waals surface area (Å²) in [6.45, 7) is 7.33. The Morgan fingerprint density at radius 1 is 1.04 bits per heavy atom. The van der Waals surface area contributed by atoms with Crippen LogP contribution < -0.4 is 5.32 Å². The van der Waals surface area contributed by atoms with Gasteiger partial charge < -0.3 is 5.32 Å². The van der Waals surface area contributed by atoms with Crippen molar-refractivity contribution in [2.24, 2.45) is 0 Å². The zero-order valence-electron chi connectivity index (χ0n) is 15.3. The van der Waals surface area contributed by atoms with Gasteiger partial charge in [0.05, 0.1) is 12.2 Å². The topological polar surface area (TPSA) is 29.9 Å². The molecule has 1 N–H and O–H groups in total. The van der Waals surface area contributed by atoms with Gasteiger partial charge >= 0.3 is 0 Å². The first-order chi connectivity index (χ1) is 12.5. The molecule has 0 saturated carbocycles. The van der Waals surface area contributed by atoms with E-state index in [9.17, 15) is 8.78 Å². The second kappa shape index (κ2) is 7.79. The summed E-state index contributed by atoms with van der Waals surface area (Å²) >= 11 is 0. The maximum Gasteiger partial charge on any atom is 0.159 e. The molecule has 0 aliphatic rings. The number of benzene rings is 2. The lowest BCUT2D eigenvalue weighted by molar-refractivity contribution is 0.500. The van der Waals surface area contributed by atoms with Crippen molar-refractivity contribution in [2.45, 2.75) is 39.9 Å². The number of hydrogen-bond acceptors (Lipinski definition) is 2. The molecular weight excluding hydrogens is 332 g/mol. The molecule has 2 aromatic carbocycles. The fraction of sp³-hybridized carbons (Fsp3) is 0.286. The predicted octanol–water partition coefficient (Wildman–Crippen LogP) is 4.68. The Morgan fingerprint density at radius 3 is 2.46 bits per heavy atom. The highest BCUT2D eigenvalue weighted by molar-refractivity contribution is 5.27. The number of halogens is 2. The van der Waals surface area contributed by atoms with Crippen LogP contribution in [0.2, 0.25) is 0 Å². The summed E-state index contributed by atoms with van der Waals surface area (Å²) in [5, 5.41) is 8.03. The molecule has 0 saturated heterocycles. The van der Waals surface area contributed by atoms with Crippen molar-refractivity contribution >= 4 is 0 Å². The van der Waals surface area contributed by atoms with Crippen LogP contribution in [-0.2, 0) is 13.1 Å². The molecule has 136 valence electrons. The Kier molecular flexibility index (Phi) is 5.47. The molecule has 5 heteroatoms. The van der Waals surface area contributed by atoms with E-state index in [2.05, 4.69) is 29.5 Å². The molecule has 3 nitrogen and oxygen atoms in total. The largest absolute Gasteiger partial charge is 0.306 e. The van der Waals surface area contributed by atoms with Crippen molar-refractivity contribution in [3.63, 3.8) is 0 Å². The molecule has 0 radical (unpaired) electrons. The third-order valence-corrected chi connectivity index (χ3v) is 4.74. The molecule has 0 amide bonds. The molecule has 3 rings (SSSR count). The zero-order valence-corrected chi connectivity index (χ0v) is 15.3. The van der Waals surface area contributed by atoms with Gasteiger partial charge in [0.2, 0.25) is 0 Å². The number of rotatable bonds is 6. The van der Waals surface area contributed by atoms with E-state index in [1.807, 2.05) is 36.7 Å². The van der Waals surface area contributed by atoms with Crippen LogP contribution in [0.4, 0.5) is 8.78 Å². The standard InChI is InChI=1S/C21H23F2N3/c1-14(18-9-10-20(22)21(23)11-18)24-12-19-15(2)25-26(16(19)3)13-17-7-5-4-6-8-17/h4-11,14,24H,12-13H2,1-3H3/t14-/m0/s1. The maximum absolute atomic E-state index is 13.4. The minimum atomic E-state index is -0.824. The second-order valence-electron chi connectivity index (χ2n) is 6.57. The fourth-order valence-electron chi connectivity index (χ4n) is 3.05. The van der Waals surface area contributed by atoms with Gasteiger partial charge in [0, 0.05) is 23.8 Å². The average molecular weight is 355 g/mol. The van der Waals surface area contributed by atoms with Crippen LogP contribution in [0.25, 0.3) is 0 Å². The summed E-state index contributed by atoms with van der Waals surface area (Å²) in [6, 6.07) is 14.1. The van der Waals surface area contributed by atoms with Crippen molar-refractivity contribution < 1.29 is 8.78 Å². The van der Waals surface area contributed by atoms with E-state index in [0.717, 1.165) is 35.1 Å². The number of hydrogen-bond donors (Lipinski definition) is 1. The molecule has 1 heterocycles. The van der Waals surface area contributed by atoms with E-state index in [-0.39, 0.29) is 6.04 Å². The SMILES string of the molecule is Cc1nn(Cc2ccccc2)c(C)c1CN[C@@H](C)c1ccc(F)c(F)c1. The molecule has 0 bridgehead atoms. The normalized spacial score (nSPS) is 12.3. The summed E-state index contributed by atoms with van der Waals surface area (Å²) < 4.78 is 28.5. The summed E-state index contributed by atoms with van der Waals surface area (Å²) in [5.74, 6) is -1.64.